The number of nitrogens with zero attached hydrogens (tertiary/aromatic N) is 1. The van der Waals surface area contributed by atoms with Gasteiger partial charge in [-0.15, -0.1) is 13.2 Å². The number of hydrogen-bond donors (Lipinski definition) is 0. The largest absolute Gasteiger partial charge is 0.573 e. The number of rotatable bonds is 3. The SMILES string of the molecule is O=Cc1cc(I)nc(CF)c1OC(F)(F)F. The molecule has 1 aromatic rings. The van der Waals surface area contributed by atoms with Crippen LogP contribution in [0, 0.1) is 3.70 Å². The zero-order valence-electron chi connectivity index (χ0n) is 7.52. The van der Waals surface area contributed by atoms with Crippen LogP contribution in [0.2, 0.25) is 0 Å². The molecule has 1 aromatic heterocycles. The first-order valence-electron chi connectivity index (χ1n) is 3.83. The van der Waals surface area contributed by atoms with Gasteiger partial charge in [-0.1, -0.05) is 0 Å². The molecule has 1 heterocycles. The van der Waals surface area contributed by atoms with E-state index in [4.69, 9.17) is 0 Å². The molecule has 0 saturated heterocycles. The number of pyridine rings is 1. The highest BCUT2D eigenvalue weighted by atomic mass is 127. The van der Waals surface area contributed by atoms with Gasteiger partial charge in [0.25, 0.3) is 0 Å². The summed E-state index contributed by atoms with van der Waals surface area (Å²) < 4.78 is 52.2. The Morgan fingerprint density at radius 2 is 2.12 bits per heavy atom. The second kappa shape index (κ2) is 4.93. The molecule has 0 unspecified atom stereocenters. The zero-order valence-corrected chi connectivity index (χ0v) is 9.67. The third-order valence-corrected chi connectivity index (χ3v) is 2.06. The smallest absolute Gasteiger partial charge is 0.403 e. The molecule has 0 atom stereocenters. The first-order chi connectivity index (χ1) is 7.37. The van der Waals surface area contributed by atoms with E-state index in [1.807, 2.05) is 0 Å². The van der Waals surface area contributed by atoms with Crippen molar-refractivity contribution in [2.45, 2.75) is 13.0 Å². The first kappa shape index (κ1) is 13.1. The van der Waals surface area contributed by atoms with Crippen molar-refractivity contribution in [3.05, 3.63) is 21.0 Å². The van der Waals surface area contributed by atoms with Crippen molar-refractivity contribution in [2.24, 2.45) is 0 Å². The summed E-state index contributed by atoms with van der Waals surface area (Å²) in [6, 6.07) is 1.08. The lowest BCUT2D eigenvalue weighted by atomic mass is 10.2. The highest BCUT2D eigenvalue weighted by molar-refractivity contribution is 14.1. The van der Waals surface area contributed by atoms with Crippen molar-refractivity contribution in [1.82, 2.24) is 4.98 Å². The number of carbonyl (C=O) groups excluding carboxylic acids is 1. The molecular formula is C8H4F4INO2. The van der Waals surface area contributed by atoms with E-state index in [2.05, 4.69) is 9.72 Å². The standard InChI is InChI=1S/C8H4F4INO2/c9-2-5-7(16-8(10,11)12)4(3-15)1-6(13)14-5/h1,3H,2H2. The maximum Gasteiger partial charge on any atom is 0.573 e. The highest BCUT2D eigenvalue weighted by Gasteiger charge is 2.33. The molecule has 1 rings (SSSR count). The third-order valence-electron chi connectivity index (χ3n) is 1.51. The Bertz CT molecular complexity index is 408. The predicted octanol–water partition coefficient (Wildman–Crippen LogP) is 2.87. The molecule has 0 radical (unpaired) electrons. The summed E-state index contributed by atoms with van der Waals surface area (Å²) in [7, 11) is 0. The van der Waals surface area contributed by atoms with E-state index >= 15 is 0 Å². The van der Waals surface area contributed by atoms with Gasteiger partial charge in [0, 0.05) is 0 Å². The van der Waals surface area contributed by atoms with E-state index in [0.717, 1.165) is 6.07 Å². The second-order valence-electron chi connectivity index (χ2n) is 2.61. The Morgan fingerprint density at radius 1 is 1.50 bits per heavy atom. The van der Waals surface area contributed by atoms with Crippen molar-refractivity contribution in [3.63, 3.8) is 0 Å². The molecule has 0 aliphatic heterocycles. The minimum absolute atomic E-state index is 0.157. The minimum Gasteiger partial charge on any atom is -0.403 e. The van der Waals surface area contributed by atoms with Crippen LogP contribution in [-0.2, 0) is 6.67 Å². The van der Waals surface area contributed by atoms with Crippen LogP contribution in [0.5, 0.6) is 5.75 Å². The molecule has 0 aliphatic carbocycles. The van der Waals surface area contributed by atoms with Crippen LogP contribution in [0.25, 0.3) is 0 Å². The average Bonchev–Trinajstić information content (AvgIpc) is 2.18. The molecule has 0 N–H and O–H groups in total. The molecule has 0 bridgehead atoms. The Morgan fingerprint density at radius 3 is 2.56 bits per heavy atom. The number of carbonyl (C=O) groups is 1. The van der Waals surface area contributed by atoms with Crippen molar-refractivity contribution >= 4 is 28.9 Å². The zero-order chi connectivity index (χ0) is 12.3. The van der Waals surface area contributed by atoms with Crippen molar-refractivity contribution in [1.29, 1.82) is 0 Å². The lowest BCUT2D eigenvalue weighted by Crippen LogP contribution is -2.19. The summed E-state index contributed by atoms with van der Waals surface area (Å²) in [5.41, 5.74) is -0.935. The van der Waals surface area contributed by atoms with Crippen LogP contribution in [0.4, 0.5) is 17.6 Å². The van der Waals surface area contributed by atoms with E-state index in [0.29, 0.717) is 0 Å². The molecule has 8 heteroatoms. The molecule has 0 saturated carbocycles. The van der Waals surface area contributed by atoms with Gasteiger partial charge in [0.15, 0.2) is 12.0 Å². The lowest BCUT2D eigenvalue weighted by Gasteiger charge is -2.13. The van der Waals surface area contributed by atoms with Crippen LogP contribution in [0.15, 0.2) is 6.07 Å². The van der Waals surface area contributed by atoms with Gasteiger partial charge in [0.2, 0.25) is 0 Å². The van der Waals surface area contributed by atoms with Crippen LogP contribution in [-0.4, -0.2) is 17.6 Å². The number of hydrogen-bond acceptors (Lipinski definition) is 3. The molecule has 0 aliphatic rings. The van der Waals surface area contributed by atoms with Gasteiger partial charge in [-0.05, 0) is 28.7 Å². The predicted molar refractivity (Wildman–Crippen MR) is 53.8 cm³/mol. The molecule has 0 spiro atoms. The van der Waals surface area contributed by atoms with Gasteiger partial charge in [-0.2, -0.15) is 0 Å². The molecule has 0 fully saturated rings. The second-order valence-corrected chi connectivity index (χ2v) is 3.71. The monoisotopic (exact) mass is 349 g/mol. The van der Waals surface area contributed by atoms with E-state index < -0.39 is 24.5 Å². The van der Waals surface area contributed by atoms with E-state index in [-0.39, 0.29) is 15.6 Å². The van der Waals surface area contributed by atoms with Crippen LogP contribution >= 0.6 is 22.6 Å². The Labute approximate surface area is 101 Å². The summed E-state index contributed by atoms with van der Waals surface area (Å²) in [5, 5.41) is 0. The van der Waals surface area contributed by atoms with Crippen LogP contribution < -0.4 is 4.74 Å². The van der Waals surface area contributed by atoms with E-state index in [1.165, 1.54) is 0 Å². The van der Waals surface area contributed by atoms with Gasteiger partial charge in [-0.3, -0.25) is 4.79 Å². The molecule has 16 heavy (non-hydrogen) atoms. The highest BCUT2D eigenvalue weighted by Crippen LogP contribution is 2.29. The summed E-state index contributed by atoms with van der Waals surface area (Å²) in [5.74, 6) is -0.884. The van der Waals surface area contributed by atoms with Crippen molar-refractivity contribution < 1.29 is 27.1 Å². The third kappa shape index (κ3) is 3.29. The number of alkyl halides is 4. The van der Waals surface area contributed by atoms with Crippen molar-refractivity contribution in [3.8, 4) is 5.75 Å². The minimum atomic E-state index is -4.99. The Balaban J connectivity index is 3.27. The normalized spacial score (nSPS) is 11.3. The summed E-state index contributed by atoms with van der Waals surface area (Å²) >= 11 is 1.66. The van der Waals surface area contributed by atoms with Gasteiger partial charge < -0.3 is 4.74 Å². The van der Waals surface area contributed by atoms with E-state index in [9.17, 15) is 22.4 Å². The summed E-state index contributed by atoms with van der Waals surface area (Å²) in [6.45, 7) is -1.25. The number of ether oxygens (including phenoxy) is 1. The number of halogens is 5. The van der Waals surface area contributed by atoms with Crippen molar-refractivity contribution in [2.75, 3.05) is 0 Å². The van der Waals surface area contributed by atoms with Gasteiger partial charge in [0.05, 0.1) is 5.56 Å². The Hall–Kier alpha value is -0.930. The molecule has 3 nitrogen and oxygen atoms in total. The first-order valence-corrected chi connectivity index (χ1v) is 4.91. The van der Waals surface area contributed by atoms with Gasteiger partial charge in [-0.25, -0.2) is 9.37 Å². The molecular weight excluding hydrogens is 345 g/mol. The maximum atomic E-state index is 12.4. The van der Waals surface area contributed by atoms with E-state index in [1.54, 1.807) is 22.6 Å². The number of aldehydes is 1. The maximum absolute atomic E-state index is 12.4. The topological polar surface area (TPSA) is 39.2 Å². The summed E-state index contributed by atoms with van der Waals surface area (Å²) in [4.78, 5) is 14.0. The fourth-order valence-electron chi connectivity index (χ4n) is 0.984. The van der Waals surface area contributed by atoms with Crippen LogP contribution in [0.3, 0.4) is 0 Å². The lowest BCUT2D eigenvalue weighted by molar-refractivity contribution is -0.275. The summed E-state index contributed by atoms with van der Waals surface area (Å²) in [6.07, 6.45) is -4.83. The van der Waals surface area contributed by atoms with Gasteiger partial charge >= 0.3 is 6.36 Å². The molecule has 0 amide bonds. The van der Waals surface area contributed by atoms with Gasteiger partial charge in [0.1, 0.15) is 16.1 Å². The average molecular weight is 349 g/mol. The number of aromatic nitrogens is 1. The fourth-order valence-corrected chi connectivity index (χ4v) is 1.61. The molecule has 0 aromatic carbocycles. The molecule has 88 valence electrons. The quantitative estimate of drug-likeness (QED) is 0.365. The van der Waals surface area contributed by atoms with Crippen LogP contribution in [0.1, 0.15) is 16.1 Å². The Kier molecular flexibility index (Phi) is 4.05. The fraction of sp³-hybridized carbons (Fsp3) is 0.250.